The minimum atomic E-state index is -3.62. The lowest BCUT2D eigenvalue weighted by Crippen LogP contribution is -2.46. The molecule has 3 N–H and O–H groups in total. The van der Waals surface area contributed by atoms with Gasteiger partial charge in [0.15, 0.2) is 0 Å². The number of benzene rings is 1. The quantitative estimate of drug-likeness (QED) is 0.608. The maximum atomic E-state index is 12.3. The molecule has 2 rings (SSSR count). The van der Waals surface area contributed by atoms with Crippen molar-refractivity contribution in [1.82, 2.24) is 5.32 Å². The molecule has 1 aromatic heterocycles. The molecule has 0 aliphatic rings. The van der Waals surface area contributed by atoms with Crippen molar-refractivity contribution < 1.29 is 18.3 Å². The van der Waals surface area contributed by atoms with E-state index in [1.54, 1.807) is 44.2 Å². The summed E-state index contributed by atoms with van der Waals surface area (Å²) in [5.41, 5.74) is 0.485. The first kappa shape index (κ1) is 19.9. The van der Waals surface area contributed by atoms with Crippen LogP contribution in [0.25, 0.3) is 0 Å². The number of anilines is 1. The van der Waals surface area contributed by atoms with Gasteiger partial charge in [0, 0.05) is 5.69 Å². The van der Waals surface area contributed by atoms with Gasteiger partial charge < -0.3 is 10.4 Å². The van der Waals surface area contributed by atoms with Crippen molar-refractivity contribution in [2.24, 2.45) is 0 Å². The Balaban J connectivity index is 2.01. The highest BCUT2D eigenvalue weighted by Gasteiger charge is 2.19. The molecular formula is C16H19BrN2O4S2. The van der Waals surface area contributed by atoms with Crippen LogP contribution >= 0.6 is 27.3 Å². The van der Waals surface area contributed by atoms with Crippen LogP contribution in [0.2, 0.25) is 0 Å². The number of nitrogens with one attached hydrogen (secondary N) is 2. The third-order valence-electron chi connectivity index (χ3n) is 3.26. The van der Waals surface area contributed by atoms with Crippen LogP contribution in [0.15, 0.2) is 44.4 Å². The predicted octanol–water partition coefficient (Wildman–Crippen LogP) is 2.74. The Morgan fingerprint density at radius 3 is 2.36 bits per heavy atom. The molecule has 0 saturated carbocycles. The Morgan fingerprint density at radius 1 is 1.20 bits per heavy atom. The molecule has 9 heteroatoms. The Labute approximate surface area is 159 Å². The summed E-state index contributed by atoms with van der Waals surface area (Å²) < 4.78 is 28.0. The molecule has 2 aromatic rings. The summed E-state index contributed by atoms with van der Waals surface area (Å²) in [6.45, 7) is 3.30. The number of sulfonamides is 1. The van der Waals surface area contributed by atoms with E-state index in [-0.39, 0.29) is 23.1 Å². The van der Waals surface area contributed by atoms with Crippen molar-refractivity contribution in [3.63, 3.8) is 0 Å². The molecule has 136 valence electrons. The topological polar surface area (TPSA) is 95.5 Å². The summed E-state index contributed by atoms with van der Waals surface area (Å²) in [5.74, 6) is -0.212. The minimum Gasteiger partial charge on any atom is -0.394 e. The first-order valence-electron chi connectivity index (χ1n) is 7.40. The summed E-state index contributed by atoms with van der Waals surface area (Å²) in [6, 6.07) is 9.80. The van der Waals surface area contributed by atoms with Gasteiger partial charge in [-0.1, -0.05) is 12.1 Å². The average molecular weight is 447 g/mol. The largest absolute Gasteiger partial charge is 0.394 e. The van der Waals surface area contributed by atoms with Gasteiger partial charge in [0.1, 0.15) is 4.21 Å². The number of rotatable bonds is 7. The SMILES string of the molecule is CC(C)(CO)NC(=O)Cc1ccc(NS(=O)(=O)c2ccc(Br)s2)cc1. The van der Waals surface area contributed by atoms with Crippen LogP contribution in [0.1, 0.15) is 19.4 Å². The summed E-state index contributed by atoms with van der Waals surface area (Å²) in [6.07, 6.45) is 0.147. The summed E-state index contributed by atoms with van der Waals surface area (Å²) >= 11 is 4.37. The van der Waals surface area contributed by atoms with E-state index >= 15 is 0 Å². The van der Waals surface area contributed by atoms with Gasteiger partial charge in [-0.25, -0.2) is 8.42 Å². The number of carbonyl (C=O) groups excluding carboxylic acids is 1. The van der Waals surface area contributed by atoms with E-state index in [2.05, 4.69) is 26.0 Å². The Hall–Kier alpha value is -1.42. The van der Waals surface area contributed by atoms with Gasteiger partial charge in [0.2, 0.25) is 5.91 Å². The second-order valence-electron chi connectivity index (χ2n) is 6.13. The summed E-state index contributed by atoms with van der Waals surface area (Å²) in [5, 5.41) is 11.9. The van der Waals surface area contributed by atoms with Crippen LogP contribution in [0.4, 0.5) is 5.69 Å². The normalized spacial score (nSPS) is 12.0. The standard InChI is InChI=1S/C16H19BrN2O4S2/c1-16(2,10-20)18-14(21)9-11-3-5-12(6-4-11)19-25(22,23)15-8-7-13(17)24-15/h3-8,19-20H,9-10H2,1-2H3,(H,18,21). The second kappa shape index (κ2) is 7.86. The van der Waals surface area contributed by atoms with E-state index in [9.17, 15) is 13.2 Å². The maximum absolute atomic E-state index is 12.3. The smallest absolute Gasteiger partial charge is 0.271 e. The van der Waals surface area contributed by atoms with E-state index in [4.69, 9.17) is 5.11 Å². The molecule has 25 heavy (non-hydrogen) atoms. The van der Waals surface area contributed by atoms with Gasteiger partial charge in [-0.05, 0) is 59.6 Å². The van der Waals surface area contributed by atoms with Gasteiger partial charge in [-0.3, -0.25) is 9.52 Å². The number of aliphatic hydroxyl groups excluding tert-OH is 1. The summed E-state index contributed by atoms with van der Waals surface area (Å²) in [4.78, 5) is 12.0. The van der Waals surface area contributed by atoms with Crippen molar-refractivity contribution in [2.45, 2.75) is 30.0 Å². The molecule has 1 amide bonds. The van der Waals surface area contributed by atoms with Gasteiger partial charge >= 0.3 is 0 Å². The lowest BCUT2D eigenvalue weighted by atomic mass is 10.1. The third-order valence-corrected chi connectivity index (χ3v) is 6.75. The van der Waals surface area contributed by atoms with E-state index in [1.165, 1.54) is 6.07 Å². The van der Waals surface area contributed by atoms with Crippen LogP contribution in [0.5, 0.6) is 0 Å². The van der Waals surface area contributed by atoms with Crippen molar-refractivity contribution in [3.8, 4) is 0 Å². The average Bonchev–Trinajstić information content (AvgIpc) is 2.96. The monoisotopic (exact) mass is 446 g/mol. The molecule has 1 heterocycles. The first-order valence-corrected chi connectivity index (χ1v) is 10.5. The molecule has 0 spiro atoms. The zero-order chi connectivity index (χ0) is 18.7. The van der Waals surface area contributed by atoms with E-state index < -0.39 is 15.6 Å². The fourth-order valence-corrected chi connectivity index (χ4v) is 5.05. The van der Waals surface area contributed by atoms with Crippen LogP contribution < -0.4 is 10.0 Å². The maximum Gasteiger partial charge on any atom is 0.271 e. The number of halogens is 1. The Morgan fingerprint density at radius 2 is 1.84 bits per heavy atom. The predicted molar refractivity (Wildman–Crippen MR) is 102 cm³/mol. The Bertz CT molecular complexity index is 845. The molecule has 0 aliphatic carbocycles. The molecule has 0 aliphatic heterocycles. The van der Waals surface area contributed by atoms with Crippen LogP contribution in [0, 0.1) is 0 Å². The first-order chi connectivity index (χ1) is 11.6. The third kappa shape index (κ3) is 5.81. The molecule has 6 nitrogen and oxygen atoms in total. The molecule has 0 atom stereocenters. The molecule has 0 bridgehead atoms. The van der Waals surface area contributed by atoms with E-state index in [1.807, 2.05) is 0 Å². The van der Waals surface area contributed by atoms with Crippen molar-refractivity contribution in [3.05, 3.63) is 45.7 Å². The fraction of sp³-hybridized carbons (Fsp3) is 0.312. The second-order valence-corrected chi connectivity index (χ2v) is 10.5. The zero-order valence-corrected chi connectivity index (χ0v) is 17.0. The number of hydrogen-bond donors (Lipinski definition) is 3. The van der Waals surface area contributed by atoms with Crippen molar-refractivity contribution >= 4 is 48.9 Å². The van der Waals surface area contributed by atoms with Crippen LogP contribution in [-0.2, 0) is 21.2 Å². The number of hydrogen-bond acceptors (Lipinski definition) is 5. The highest BCUT2D eigenvalue weighted by molar-refractivity contribution is 9.11. The fourth-order valence-electron chi connectivity index (χ4n) is 1.98. The van der Waals surface area contributed by atoms with Gasteiger partial charge in [0.05, 0.1) is 22.4 Å². The zero-order valence-electron chi connectivity index (χ0n) is 13.7. The molecule has 0 unspecified atom stereocenters. The van der Waals surface area contributed by atoms with Gasteiger partial charge in [-0.15, -0.1) is 11.3 Å². The van der Waals surface area contributed by atoms with Crippen molar-refractivity contribution in [1.29, 1.82) is 0 Å². The Kier molecular flexibility index (Phi) is 6.26. The lowest BCUT2D eigenvalue weighted by Gasteiger charge is -2.23. The number of thiophene rings is 1. The number of aliphatic hydroxyl groups is 1. The highest BCUT2D eigenvalue weighted by Crippen LogP contribution is 2.27. The number of amides is 1. The molecule has 1 aromatic carbocycles. The molecule has 0 radical (unpaired) electrons. The molecular weight excluding hydrogens is 428 g/mol. The minimum absolute atomic E-state index is 0.147. The number of carbonyl (C=O) groups is 1. The highest BCUT2D eigenvalue weighted by atomic mass is 79.9. The summed E-state index contributed by atoms with van der Waals surface area (Å²) in [7, 11) is -3.62. The van der Waals surface area contributed by atoms with E-state index in [0.29, 0.717) is 5.69 Å². The van der Waals surface area contributed by atoms with Crippen LogP contribution in [-0.4, -0.2) is 31.6 Å². The van der Waals surface area contributed by atoms with Gasteiger partial charge in [0.25, 0.3) is 10.0 Å². The van der Waals surface area contributed by atoms with Gasteiger partial charge in [-0.2, -0.15) is 0 Å². The molecule has 0 fully saturated rings. The van der Waals surface area contributed by atoms with Crippen molar-refractivity contribution in [2.75, 3.05) is 11.3 Å². The van der Waals surface area contributed by atoms with E-state index in [0.717, 1.165) is 20.7 Å². The van der Waals surface area contributed by atoms with Crippen LogP contribution in [0.3, 0.4) is 0 Å². The lowest BCUT2D eigenvalue weighted by molar-refractivity contribution is -0.122. The molecule has 0 saturated heterocycles.